The average Bonchev–Trinajstić information content (AvgIpc) is 2.53. The number of nitrogens with zero attached hydrogens (tertiary/aromatic N) is 2. The summed E-state index contributed by atoms with van der Waals surface area (Å²) in [6, 6.07) is 1.28. The lowest BCUT2D eigenvalue weighted by atomic mass is 10.0. The van der Waals surface area contributed by atoms with E-state index in [-0.39, 0.29) is 5.92 Å². The van der Waals surface area contributed by atoms with Gasteiger partial charge in [-0.1, -0.05) is 6.92 Å². The Labute approximate surface area is 104 Å². The first-order valence-corrected chi connectivity index (χ1v) is 6.84. The highest BCUT2D eigenvalue weighted by Crippen LogP contribution is 2.29. The van der Waals surface area contributed by atoms with E-state index in [1.54, 1.807) is 0 Å². The number of hydrogen-bond acceptors (Lipinski definition) is 3. The van der Waals surface area contributed by atoms with E-state index in [4.69, 9.17) is 5.73 Å². The third kappa shape index (κ3) is 2.63. The van der Waals surface area contributed by atoms with Crippen molar-refractivity contribution in [2.75, 3.05) is 26.7 Å². The monoisotopic (exact) mass is 239 g/mol. The molecule has 4 nitrogen and oxygen atoms in total. The van der Waals surface area contributed by atoms with Crippen molar-refractivity contribution in [2.24, 2.45) is 11.7 Å². The summed E-state index contributed by atoms with van der Waals surface area (Å²) in [5.41, 5.74) is 5.53. The maximum Gasteiger partial charge on any atom is 0.225 e. The van der Waals surface area contributed by atoms with Crippen molar-refractivity contribution in [1.82, 2.24) is 9.80 Å². The fourth-order valence-corrected chi connectivity index (χ4v) is 3.19. The number of hydrogen-bond donors (Lipinski definition) is 1. The van der Waals surface area contributed by atoms with Crippen LogP contribution in [0.2, 0.25) is 0 Å². The molecule has 0 aromatic heterocycles. The molecule has 3 unspecified atom stereocenters. The molecule has 0 radical (unpaired) electrons. The largest absolute Gasteiger partial charge is 0.341 e. The van der Waals surface area contributed by atoms with Crippen molar-refractivity contribution in [1.29, 1.82) is 0 Å². The first kappa shape index (κ1) is 12.8. The highest BCUT2D eigenvalue weighted by atomic mass is 16.2. The van der Waals surface area contributed by atoms with Crippen LogP contribution in [0.15, 0.2) is 0 Å². The molecule has 4 heteroatoms. The molecule has 2 aliphatic heterocycles. The van der Waals surface area contributed by atoms with Gasteiger partial charge >= 0.3 is 0 Å². The van der Waals surface area contributed by atoms with Crippen LogP contribution >= 0.6 is 0 Å². The smallest absolute Gasteiger partial charge is 0.225 e. The number of amides is 1. The molecule has 2 rings (SSSR count). The maximum atomic E-state index is 12.3. The van der Waals surface area contributed by atoms with Crippen molar-refractivity contribution < 1.29 is 4.79 Å². The Bertz CT molecular complexity index is 282. The van der Waals surface area contributed by atoms with Crippen molar-refractivity contribution in [3.05, 3.63) is 0 Å². The minimum absolute atomic E-state index is 0.0851. The van der Waals surface area contributed by atoms with Gasteiger partial charge in [-0.2, -0.15) is 0 Å². The molecule has 2 heterocycles. The zero-order valence-corrected chi connectivity index (χ0v) is 11.1. The number of likely N-dealkylation sites (tertiary alicyclic amines) is 1. The van der Waals surface area contributed by atoms with Crippen LogP contribution in [-0.4, -0.2) is 54.5 Å². The Morgan fingerprint density at radius 3 is 2.76 bits per heavy atom. The molecule has 0 aromatic carbocycles. The first-order chi connectivity index (χ1) is 8.13. The molecule has 2 N–H and O–H groups in total. The molecule has 0 aromatic rings. The number of carbonyl (C=O) groups is 1. The predicted molar refractivity (Wildman–Crippen MR) is 68.6 cm³/mol. The Morgan fingerprint density at radius 2 is 2.06 bits per heavy atom. The van der Waals surface area contributed by atoms with E-state index in [1.165, 1.54) is 12.8 Å². The molecule has 0 saturated carbocycles. The molecular weight excluding hydrogens is 214 g/mol. The van der Waals surface area contributed by atoms with Crippen molar-refractivity contribution >= 4 is 5.91 Å². The van der Waals surface area contributed by atoms with Crippen LogP contribution in [-0.2, 0) is 4.79 Å². The van der Waals surface area contributed by atoms with Crippen LogP contribution in [0.4, 0.5) is 0 Å². The number of carbonyl (C=O) groups excluding carboxylic acids is 1. The van der Waals surface area contributed by atoms with Gasteiger partial charge in [-0.3, -0.25) is 9.69 Å². The molecule has 2 aliphatic rings. The van der Waals surface area contributed by atoms with Crippen LogP contribution in [0.3, 0.4) is 0 Å². The van der Waals surface area contributed by atoms with Gasteiger partial charge in [0.05, 0.1) is 0 Å². The Balaban J connectivity index is 1.96. The molecular formula is C13H25N3O. The zero-order chi connectivity index (χ0) is 12.4. The molecule has 17 heavy (non-hydrogen) atoms. The number of fused-ring (bicyclic) bond motifs is 2. The molecule has 98 valence electrons. The van der Waals surface area contributed by atoms with Crippen molar-refractivity contribution in [3.8, 4) is 0 Å². The van der Waals surface area contributed by atoms with E-state index in [9.17, 15) is 4.79 Å². The quantitative estimate of drug-likeness (QED) is 0.787. The summed E-state index contributed by atoms with van der Waals surface area (Å²) in [5.74, 6) is 0.387. The maximum absolute atomic E-state index is 12.3. The van der Waals surface area contributed by atoms with Gasteiger partial charge in [0.15, 0.2) is 0 Å². The van der Waals surface area contributed by atoms with E-state index in [0.717, 1.165) is 25.9 Å². The van der Waals surface area contributed by atoms with E-state index in [0.29, 0.717) is 24.5 Å². The standard InChI is InChI=1S/C13H25N3O/c1-10(5-7-14)13(17)16-8-6-11-3-4-12(9-16)15(11)2/h10-12H,3-9,14H2,1-2H3. The lowest BCUT2D eigenvalue weighted by molar-refractivity contribution is -0.135. The number of rotatable bonds is 3. The SMILES string of the molecule is CC(CCN)C(=O)N1CCC2CCC(C1)N2C. The first-order valence-electron chi connectivity index (χ1n) is 6.84. The van der Waals surface area contributed by atoms with Gasteiger partial charge in [0.1, 0.15) is 0 Å². The normalized spacial score (nSPS) is 31.4. The molecule has 3 atom stereocenters. The minimum Gasteiger partial charge on any atom is -0.341 e. The third-order valence-electron chi connectivity index (χ3n) is 4.48. The Hall–Kier alpha value is -0.610. The van der Waals surface area contributed by atoms with Gasteiger partial charge in [0, 0.05) is 31.1 Å². The fraction of sp³-hybridized carbons (Fsp3) is 0.923. The van der Waals surface area contributed by atoms with Crippen molar-refractivity contribution in [3.63, 3.8) is 0 Å². The third-order valence-corrected chi connectivity index (χ3v) is 4.48. The van der Waals surface area contributed by atoms with Gasteiger partial charge < -0.3 is 10.6 Å². The van der Waals surface area contributed by atoms with Crippen LogP contribution in [0.25, 0.3) is 0 Å². The molecule has 1 amide bonds. The highest BCUT2D eigenvalue weighted by molar-refractivity contribution is 5.78. The highest BCUT2D eigenvalue weighted by Gasteiger charge is 2.36. The summed E-state index contributed by atoms with van der Waals surface area (Å²) in [6.45, 7) is 4.45. The average molecular weight is 239 g/mol. The van der Waals surface area contributed by atoms with E-state index in [2.05, 4.69) is 16.8 Å². The second-order valence-corrected chi connectivity index (χ2v) is 5.60. The Morgan fingerprint density at radius 1 is 1.35 bits per heavy atom. The summed E-state index contributed by atoms with van der Waals surface area (Å²) in [4.78, 5) is 16.8. The summed E-state index contributed by atoms with van der Waals surface area (Å²) in [7, 11) is 2.21. The zero-order valence-electron chi connectivity index (χ0n) is 11.1. The lowest BCUT2D eigenvalue weighted by Gasteiger charge is -2.28. The summed E-state index contributed by atoms with van der Waals surface area (Å²) in [6.07, 6.45) is 4.49. The van der Waals surface area contributed by atoms with Gasteiger partial charge in [-0.15, -0.1) is 0 Å². The molecule has 0 spiro atoms. The molecule has 0 aliphatic carbocycles. The van der Waals surface area contributed by atoms with Crippen LogP contribution in [0.1, 0.15) is 32.6 Å². The van der Waals surface area contributed by atoms with Gasteiger partial charge in [0.2, 0.25) is 5.91 Å². The molecule has 2 bridgehead atoms. The molecule has 2 fully saturated rings. The topological polar surface area (TPSA) is 49.6 Å². The van der Waals surface area contributed by atoms with Crippen molar-refractivity contribution in [2.45, 2.75) is 44.7 Å². The van der Waals surface area contributed by atoms with Gasteiger partial charge in [0.25, 0.3) is 0 Å². The lowest BCUT2D eigenvalue weighted by Crippen LogP contribution is -2.42. The number of nitrogens with two attached hydrogens (primary N) is 1. The summed E-state index contributed by atoms with van der Waals surface area (Å²) in [5, 5.41) is 0. The van der Waals surface area contributed by atoms with Gasteiger partial charge in [-0.05, 0) is 39.3 Å². The second-order valence-electron chi connectivity index (χ2n) is 5.60. The number of likely N-dealkylation sites (N-methyl/N-ethyl adjacent to an activating group) is 1. The Kier molecular flexibility index (Phi) is 4.05. The molecule has 2 saturated heterocycles. The van der Waals surface area contributed by atoms with E-state index < -0.39 is 0 Å². The van der Waals surface area contributed by atoms with E-state index in [1.807, 2.05) is 6.92 Å². The summed E-state index contributed by atoms with van der Waals surface area (Å²) < 4.78 is 0. The minimum atomic E-state index is 0.0851. The predicted octanol–water partition coefficient (Wildman–Crippen LogP) is 0.666. The summed E-state index contributed by atoms with van der Waals surface area (Å²) >= 11 is 0. The van der Waals surface area contributed by atoms with E-state index >= 15 is 0 Å². The van der Waals surface area contributed by atoms with Crippen LogP contribution < -0.4 is 5.73 Å². The second kappa shape index (κ2) is 5.36. The van der Waals surface area contributed by atoms with Crippen LogP contribution in [0.5, 0.6) is 0 Å². The van der Waals surface area contributed by atoms with Crippen LogP contribution in [0, 0.1) is 5.92 Å². The fourth-order valence-electron chi connectivity index (χ4n) is 3.19. The van der Waals surface area contributed by atoms with Gasteiger partial charge in [-0.25, -0.2) is 0 Å².